The maximum atomic E-state index is 13.2. The molecule has 30 heavy (non-hydrogen) atoms. The molecule has 4 rings (SSSR count). The molecule has 2 fully saturated rings. The van der Waals surface area contributed by atoms with Crippen LogP contribution in [0.15, 0.2) is 18.3 Å². The molecule has 2 aromatic heterocycles. The third-order valence-electron chi connectivity index (χ3n) is 5.48. The van der Waals surface area contributed by atoms with E-state index in [1.807, 2.05) is 0 Å². The van der Waals surface area contributed by atoms with Crippen molar-refractivity contribution in [2.24, 2.45) is 5.92 Å². The van der Waals surface area contributed by atoms with Gasteiger partial charge in [-0.25, -0.2) is 9.31 Å². The first kappa shape index (κ1) is 20.4. The number of pyridine rings is 1. The van der Waals surface area contributed by atoms with Crippen LogP contribution in [0.25, 0.3) is 5.65 Å². The lowest BCUT2D eigenvalue weighted by molar-refractivity contribution is -0.289. The largest absolute Gasteiger partial charge is 0.483 e. The predicted molar refractivity (Wildman–Crippen MR) is 92.8 cm³/mol. The van der Waals surface area contributed by atoms with E-state index in [2.05, 4.69) is 15.4 Å². The Morgan fingerprint density at radius 1 is 1.37 bits per heavy atom. The van der Waals surface area contributed by atoms with E-state index >= 15 is 0 Å². The molecule has 0 spiro atoms. The van der Waals surface area contributed by atoms with Crippen molar-refractivity contribution in [1.29, 1.82) is 0 Å². The van der Waals surface area contributed by atoms with Crippen LogP contribution in [0.3, 0.4) is 0 Å². The summed E-state index contributed by atoms with van der Waals surface area (Å²) in [5, 5.41) is 16.7. The molecule has 1 amide bonds. The molecule has 2 unspecified atom stereocenters. The molecule has 3 heterocycles. The molecule has 2 N–H and O–H groups in total. The standard InChI is InChI=1S/C17H18F5N5O3/c18-16(19,17(20,21)22)9-30-11-2-1-5-27-12(11)23-13(25-27)24-15-4-3-10(6-15)7-26(8-15)14(28)29/h1-2,5,10H,3-4,6-9H2,(H,24,25)(H,28,29). The van der Waals surface area contributed by atoms with Gasteiger partial charge in [0.15, 0.2) is 18.0 Å². The number of rotatable bonds is 5. The van der Waals surface area contributed by atoms with Crippen LogP contribution in [-0.2, 0) is 0 Å². The number of halogens is 5. The van der Waals surface area contributed by atoms with Crippen molar-refractivity contribution in [1.82, 2.24) is 19.5 Å². The van der Waals surface area contributed by atoms with Crippen LogP contribution in [-0.4, -0.2) is 68.0 Å². The fourth-order valence-corrected chi connectivity index (χ4v) is 4.11. The molecule has 2 aliphatic rings. The van der Waals surface area contributed by atoms with Crippen LogP contribution < -0.4 is 10.1 Å². The number of carboxylic acid groups (broad SMARTS) is 1. The minimum atomic E-state index is -5.73. The Morgan fingerprint density at radius 3 is 2.83 bits per heavy atom. The Kier molecular flexibility index (Phi) is 4.66. The van der Waals surface area contributed by atoms with Crippen molar-refractivity contribution in [3.05, 3.63) is 18.3 Å². The van der Waals surface area contributed by atoms with Crippen molar-refractivity contribution in [2.75, 3.05) is 25.0 Å². The average Bonchev–Trinajstić information content (AvgIpc) is 3.18. The topological polar surface area (TPSA) is 92.0 Å². The highest BCUT2D eigenvalue weighted by molar-refractivity contribution is 5.65. The third-order valence-corrected chi connectivity index (χ3v) is 5.48. The van der Waals surface area contributed by atoms with Gasteiger partial charge >= 0.3 is 18.2 Å². The van der Waals surface area contributed by atoms with Crippen LogP contribution in [0.1, 0.15) is 19.3 Å². The number of piperidine rings is 1. The molecule has 13 heteroatoms. The van der Waals surface area contributed by atoms with Crippen molar-refractivity contribution in [2.45, 2.75) is 36.9 Å². The Bertz CT molecular complexity index is 965. The molecule has 2 bridgehead atoms. The first-order chi connectivity index (χ1) is 14.0. The molecule has 1 aliphatic carbocycles. The summed E-state index contributed by atoms with van der Waals surface area (Å²) in [5.74, 6) is -4.97. The van der Waals surface area contributed by atoms with Gasteiger partial charge in [0.25, 0.3) is 0 Å². The van der Waals surface area contributed by atoms with Crippen LogP contribution >= 0.6 is 0 Å². The number of aromatic nitrogens is 3. The molecule has 2 aromatic rings. The summed E-state index contributed by atoms with van der Waals surface area (Å²) in [6, 6.07) is 2.60. The Hall–Kier alpha value is -2.86. The Balaban J connectivity index is 1.54. The van der Waals surface area contributed by atoms with E-state index in [0.717, 1.165) is 12.8 Å². The molecule has 0 aromatic carbocycles. The van der Waals surface area contributed by atoms with Crippen molar-refractivity contribution >= 4 is 17.7 Å². The van der Waals surface area contributed by atoms with Gasteiger partial charge < -0.3 is 20.1 Å². The number of carbonyl (C=O) groups is 1. The molecule has 1 saturated carbocycles. The minimum Gasteiger partial charge on any atom is -0.483 e. The van der Waals surface area contributed by atoms with Crippen molar-refractivity contribution in [3.63, 3.8) is 0 Å². The van der Waals surface area contributed by atoms with Gasteiger partial charge in [-0.2, -0.15) is 26.9 Å². The van der Waals surface area contributed by atoms with E-state index in [9.17, 15) is 31.9 Å². The van der Waals surface area contributed by atoms with Gasteiger partial charge in [-0.3, -0.25) is 0 Å². The monoisotopic (exact) mass is 435 g/mol. The summed E-state index contributed by atoms with van der Waals surface area (Å²) < 4.78 is 69.4. The summed E-state index contributed by atoms with van der Waals surface area (Å²) >= 11 is 0. The molecular formula is C17H18F5N5O3. The number of nitrogens with one attached hydrogen (secondary N) is 1. The van der Waals surface area contributed by atoms with Gasteiger partial charge in [-0.05, 0) is 37.3 Å². The van der Waals surface area contributed by atoms with Crippen molar-refractivity contribution < 1.29 is 36.6 Å². The van der Waals surface area contributed by atoms with E-state index in [1.54, 1.807) is 0 Å². The molecule has 8 nitrogen and oxygen atoms in total. The smallest absolute Gasteiger partial charge is 0.456 e. The quantitative estimate of drug-likeness (QED) is 0.701. The van der Waals surface area contributed by atoms with E-state index in [4.69, 9.17) is 4.74 Å². The zero-order valence-electron chi connectivity index (χ0n) is 15.5. The SMILES string of the molecule is O=C(O)N1CC2CCC(Nc3nc4c(OCC(F)(F)C(F)(F)F)cccn4n3)(C2)C1. The lowest BCUT2D eigenvalue weighted by Gasteiger charge is -2.39. The third kappa shape index (κ3) is 3.67. The van der Waals surface area contributed by atoms with Crippen LogP contribution in [0, 0.1) is 5.92 Å². The van der Waals surface area contributed by atoms with Gasteiger partial charge in [-0.15, -0.1) is 5.10 Å². The average molecular weight is 435 g/mol. The van der Waals surface area contributed by atoms with Crippen LogP contribution in [0.4, 0.5) is 32.7 Å². The lowest BCUT2D eigenvalue weighted by Crippen LogP contribution is -2.53. The van der Waals surface area contributed by atoms with Gasteiger partial charge in [-0.1, -0.05) is 0 Å². The summed E-state index contributed by atoms with van der Waals surface area (Å²) in [4.78, 5) is 16.9. The number of hydrogen-bond acceptors (Lipinski definition) is 5. The van der Waals surface area contributed by atoms with Gasteiger partial charge in [0.1, 0.15) is 0 Å². The minimum absolute atomic E-state index is 0.0326. The summed E-state index contributed by atoms with van der Waals surface area (Å²) in [5.41, 5.74) is -0.592. The number of likely N-dealkylation sites (tertiary alicyclic amines) is 1. The maximum absolute atomic E-state index is 13.2. The van der Waals surface area contributed by atoms with Gasteiger partial charge in [0.05, 0.1) is 5.54 Å². The Morgan fingerprint density at radius 2 is 2.13 bits per heavy atom. The summed E-state index contributed by atoms with van der Waals surface area (Å²) in [6.45, 7) is -1.18. The molecule has 2 atom stereocenters. The summed E-state index contributed by atoms with van der Waals surface area (Å²) in [6.07, 6.45) is -3.02. The number of ether oxygens (including phenoxy) is 1. The molecule has 164 valence electrons. The normalized spacial score (nSPS) is 24.3. The molecule has 1 saturated heterocycles. The van der Waals surface area contributed by atoms with Crippen LogP contribution in [0.2, 0.25) is 0 Å². The number of amides is 1. The number of nitrogens with zero attached hydrogens (tertiary/aromatic N) is 4. The van der Waals surface area contributed by atoms with Crippen molar-refractivity contribution in [3.8, 4) is 5.75 Å². The second kappa shape index (κ2) is 6.84. The zero-order chi connectivity index (χ0) is 21.7. The predicted octanol–water partition coefficient (Wildman–Crippen LogP) is 3.25. The molecule has 0 radical (unpaired) electrons. The number of anilines is 1. The van der Waals surface area contributed by atoms with E-state index in [0.29, 0.717) is 13.0 Å². The summed E-state index contributed by atoms with van der Waals surface area (Å²) in [7, 11) is 0. The van der Waals surface area contributed by atoms with E-state index in [1.165, 1.54) is 27.7 Å². The first-order valence-electron chi connectivity index (χ1n) is 9.17. The highest BCUT2D eigenvalue weighted by Crippen LogP contribution is 2.42. The maximum Gasteiger partial charge on any atom is 0.456 e. The lowest BCUT2D eigenvalue weighted by atomic mass is 9.91. The number of alkyl halides is 5. The van der Waals surface area contributed by atoms with E-state index < -0.39 is 30.3 Å². The number of fused-ring (bicyclic) bond motifs is 3. The van der Waals surface area contributed by atoms with Gasteiger partial charge in [0.2, 0.25) is 5.95 Å². The van der Waals surface area contributed by atoms with Gasteiger partial charge in [0, 0.05) is 19.3 Å². The Labute approximate surface area is 166 Å². The van der Waals surface area contributed by atoms with Crippen LogP contribution in [0.5, 0.6) is 5.75 Å². The highest BCUT2D eigenvalue weighted by atomic mass is 19.4. The van der Waals surface area contributed by atoms with E-state index in [-0.39, 0.29) is 29.8 Å². The second-order valence-corrected chi connectivity index (χ2v) is 7.74. The fraction of sp³-hybridized carbons (Fsp3) is 0.588. The highest BCUT2D eigenvalue weighted by Gasteiger charge is 2.58. The zero-order valence-corrected chi connectivity index (χ0v) is 15.5. The number of hydrogen-bond donors (Lipinski definition) is 2. The fourth-order valence-electron chi connectivity index (χ4n) is 4.11. The second-order valence-electron chi connectivity index (χ2n) is 7.74. The first-order valence-corrected chi connectivity index (χ1v) is 9.17. The molecule has 1 aliphatic heterocycles. The molecular weight excluding hydrogens is 417 g/mol.